The van der Waals surface area contributed by atoms with Crippen LogP contribution in [0.3, 0.4) is 0 Å². The van der Waals surface area contributed by atoms with Gasteiger partial charge >= 0.3 is 0 Å². The van der Waals surface area contributed by atoms with Crippen LogP contribution in [0.2, 0.25) is 0 Å². The fraction of sp³-hybridized carbons (Fsp3) is 0.278. The Bertz CT molecular complexity index is 651. The van der Waals surface area contributed by atoms with E-state index in [1.54, 1.807) is 0 Å². The standard InChI is InChI=1S/C18H20N2O/c1-2-19-18(21)14-7-5-8-15(12-14)20-17-11-10-13-6-3-4-9-16(13)17/h3-9,12,17,20H,2,10-11H2,1H3,(H,19,21). The minimum atomic E-state index is -0.0204. The molecule has 0 bridgehead atoms. The maximum atomic E-state index is 11.9. The minimum absolute atomic E-state index is 0.0204. The Morgan fingerprint density at radius 3 is 2.90 bits per heavy atom. The molecule has 108 valence electrons. The van der Waals surface area contributed by atoms with Gasteiger partial charge in [0, 0.05) is 17.8 Å². The van der Waals surface area contributed by atoms with Crippen LogP contribution in [-0.2, 0) is 6.42 Å². The van der Waals surface area contributed by atoms with E-state index in [2.05, 4.69) is 34.9 Å². The van der Waals surface area contributed by atoms with Crippen LogP contribution in [0.4, 0.5) is 5.69 Å². The van der Waals surface area contributed by atoms with E-state index in [1.165, 1.54) is 11.1 Å². The molecule has 1 aliphatic carbocycles. The van der Waals surface area contributed by atoms with Gasteiger partial charge in [0.15, 0.2) is 0 Å². The molecule has 1 atom stereocenters. The number of anilines is 1. The van der Waals surface area contributed by atoms with Crippen LogP contribution in [0, 0.1) is 0 Å². The van der Waals surface area contributed by atoms with Gasteiger partial charge in [-0.05, 0) is 49.1 Å². The Balaban J connectivity index is 1.77. The Morgan fingerprint density at radius 2 is 2.05 bits per heavy atom. The highest BCUT2D eigenvalue weighted by Crippen LogP contribution is 2.33. The van der Waals surface area contributed by atoms with Crippen molar-refractivity contribution in [2.24, 2.45) is 0 Å². The highest BCUT2D eigenvalue weighted by Gasteiger charge is 2.21. The van der Waals surface area contributed by atoms with Crippen LogP contribution in [0.5, 0.6) is 0 Å². The summed E-state index contributed by atoms with van der Waals surface area (Å²) in [7, 11) is 0. The SMILES string of the molecule is CCNC(=O)c1cccc(NC2CCc3ccccc32)c1. The van der Waals surface area contributed by atoms with Gasteiger partial charge in [-0.1, -0.05) is 30.3 Å². The lowest BCUT2D eigenvalue weighted by molar-refractivity contribution is 0.0956. The number of benzene rings is 2. The van der Waals surface area contributed by atoms with Crippen molar-refractivity contribution >= 4 is 11.6 Å². The van der Waals surface area contributed by atoms with Crippen LogP contribution in [-0.4, -0.2) is 12.5 Å². The highest BCUT2D eigenvalue weighted by molar-refractivity contribution is 5.95. The maximum Gasteiger partial charge on any atom is 0.251 e. The molecular formula is C18H20N2O. The van der Waals surface area contributed by atoms with E-state index in [4.69, 9.17) is 0 Å². The van der Waals surface area contributed by atoms with Crippen molar-refractivity contribution in [2.75, 3.05) is 11.9 Å². The molecule has 0 spiro atoms. The van der Waals surface area contributed by atoms with Crippen molar-refractivity contribution in [3.63, 3.8) is 0 Å². The third-order valence-electron chi connectivity index (χ3n) is 3.94. The fourth-order valence-electron chi connectivity index (χ4n) is 2.92. The lowest BCUT2D eigenvalue weighted by atomic mass is 10.1. The third-order valence-corrected chi connectivity index (χ3v) is 3.94. The molecular weight excluding hydrogens is 260 g/mol. The van der Waals surface area contributed by atoms with Crippen LogP contribution >= 0.6 is 0 Å². The van der Waals surface area contributed by atoms with E-state index in [0.29, 0.717) is 18.2 Å². The van der Waals surface area contributed by atoms with Gasteiger partial charge in [0.05, 0.1) is 6.04 Å². The molecule has 2 aromatic rings. The smallest absolute Gasteiger partial charge is 0.251 e. The Morgan fingerprint density at radius 1 is 1.19 bits per heavy atom. The van der Waals surface area contributed by atoms with E-state index in [9.17, 15) is 4.79 Å². The molecule has 0 fully saturated rings. The topological polar surface area (TPSA) is 41.1 Å². The summed E-state index contributed by atoms with van der Waals surface area (Å²) in [5, 5.41) is 6.39. The summed E-state index contributed by atoms with van der Waals surface area (Å²) >= 11 is 0. The fourth-order valence-corrected chi connectivity index (χ4v) is 2.92. The normalized spacial score (nSPS) is 16.3. The van der Waals surface area contributed by atoms with Gasteiger partial charge in [-0.15, -0.1) is 0 Å². The second-order valence-electron chi connectivity index (χ2n) is 5.37. The van der Waals surface area contributed by atoms with Crippen molar-refractivity contribution in [1.82, 2.24) is 5.32 Å². The molecule has 3 heteroatoms. The molecule has 3 rings (SSSR count). The lowest BCUT2D eigenvalue weighted by Gasteiger charge is -2.16. The summed E-state index contributed by atoms with van der Waals surface area (Å²) in [6.45, 7) is 2.57. The molecule has 21 heavy (non-hydrogen) atoms. The van der Waals surface area contributed by atoms with Crippen molar-refractivity contribution in [3.05, 3.63) is 65.2 Å². The molecule has 1 amide bonds. The van der Waals surface area contributed by atoms with Crippen LogP contribution in [0.25, 0.3) is 0 Å². The predicted octanol–water partition coefficient (Wildman–Crippen LogP) is 3.54. The van der Waals surface area contributed by atoms with Crippen molar-refractivity contribution in [1.29, 1.82) is 0 Å². The summed E-state index contributed by atoms with van der Waals surface area (Å²) in [5.74, 6) is -0.0204. The first-order valence-electron chi connectivity index (χ1n) is 7.50. The van der Waals surface area contributed by atoms with Crippen LogP contribution in [0.15, 0.2) is 48.5 Å². The number of nitrogens with one attached hydrogen (secondary N) is 2. The molecule has 1 unspecified atom stereocenters. The molecule has 0 aliphatic heterocycles. The number of hydrogen-bond donors (Lipinski definition) is 2. The van der Waals surface area contributed by atoms with E-state index >= 15 is 0 Å². The third kappa shape index (κ3) is 2.92. The number of hydrogen-bond acceptors (Lipinski definition) is 2. The molecule has 2 N–H and O–H groups in total. The number of amides is 1. The predicted molar refractivity (Wildman–Crippen MR) is 85.6 cm³/mol. The zero-order chi connectivity index (χ0) is 14.7. The second kappa shape index (κ2) is 6.00. The Hall–Kier alpha value is -2.29. The zero-order valence-corrected chi connectivity index (χ0v) is 12.2. The summed E-state index contributed by atoms with van der Waals surface area (Å²) in [6.07, 6.45) is 2.22. The van der Waals surface area contributed by atoms with Gasteiger partial charge in [0.25, 0.3) is 5.91 Å². The molecule has 2 aromatic carbocycles. The summed E-state index contributed by atoms with van der Waals surface area (Å²) in [6, 6.07) is 16.6. The van der Waals surface area contributed by atoms with E-state index in [0.717, 1.165) is 18.5 Å². The summed E-state index contributed by atoms with van der Waals surface area (Å²) in [5.41, 5.74) is 4.50. The number of fused-ring (bicyclic) bond motifs is 1. The first-order chi connectivity index (χ1) is 10.3. The number of carbonyl (C=O) groups excluding carboxylic acids is 1. The van der Waals surface area contributed by atoms with Gasteiger partial charge < -0.3 is 10.6 Å². The molecule has 0 aromatic heterocycles. The van der Waals surface area contributed by atoms with E-state index in [-0.39, 0.29) is 5.91 Å². The minimum Gasteiger partial charge on any atom is -0.378 e. The first kappa shape index (κ1) is 13.7. The quantitative estimate of drug-likeness (QED) is 0.899. The lowest BCUT2D eigenvalue weighted by Crippen LogP contribution is -2.22. The summed E-state index contributed by atoms with van der Waals surface area (Å²) < 4.78 is 0. The number of carbonyl (C=O) groups is 1. The molecule has 0 saturated heterocycles. The monoisotopic (exact) mass is 280 g/mol. The van der Waals surface area contributed by atoms with Gasteiger partial charge in [0.1, 0.15) is 0 Å². The van der Waals surface area contributed by atoms with Gasteiger partial charge in [-0.3, -0.25) is 4.79 Å². The maximum absolute atomic E-state index is 11.9. The van der Waals surface area contributed by atoms with Crippen molar-refractivity contribution in [3.8, 4) is 0 Å². The molecule has 1 aliphatic rings. The van der Waals surface area contributed by atoms with Crippen LogP contribution in [0.1, 0.15) is 40.9 Å². The Labute approximate surface area is 125 Å². The van der Waals surface area contributed by atoms with E-state index in [1.807, 2.05) is 31.2 Å². The average Bonchev–Trinajstić information content (AvgIpc) is 2.91. The molecule has 0 saturated carbocycles. The largest absolute Gasteiger partial charge is 0.378 e. The van der Waals surface area contributed by atoms with Crippen molar-refractivity contribution < 1.29 is 4.79 Å². The van der Waals surface area contributed by atoms with Gasteiger partial charge in [-0.25, -0.2) is 0 Å². The zero-order valence-electron chi connectivity index (χ0n) is 12.2. The Kier molecular flexibility index (Phi) is 3.91. The summed E-state index contributed by atoms with van der Waals surface area (Å²) in [4.78, 5) is 11.9. The average molecular weight is 280 g/mol. The number of aryl methyl sites for hydroxylation is 1. The van der Waals surface area contributed by atoms with Crippen LogP contribution < -0.4 is 10.6 Å². The first-order valence-corrected chi connectivity index (χ1v) is 7.50. The highest BCUT2D eigenvalue weighted by atomic mass is 16.1. The molecule has 0 radical (unpaired) electrons. The van der Waals surface area contributed by atoms with Crippen molar-refractivity contribution in [2.45, 2.75) is 25.8 Å². The van der Waals surface area contributed by atoms with Gasteiger partial charge in [0.2, 0.25) is 0 Å². The molecule has 3 nitrogen and oxygen atoms in total. The molecule has 0 heterocycles. The number of rotatable bonds is 4. The second-order valence-corrected chi connectivity index (χ2v) is 5.37. The van der Waals surface area contributed by atoms with E-state index < -0.39 is 0 Å². The van der Waals surface area contributed by atoms with Gasteiger partial charge in [-0.2, -0.15) is 0 Å².